The number of hydrogen-bond donors (Lipinski definition) is 0. The maximum absolute atomic E-state index is 5.52. The monoisotopic (exact) mass is 466 g/mol. The van der Waals surface area contributed by atoms with Crippen molar-refractivity contribution in [2.24, 2.45) is 0 Å². The van der Waals surface area contributed by atoms with Crippen LogP contribution in [0.1, 0.15) is 39.5 Å². The Bertz CT molecular complexity index is 182. The van der Waals surface area contributed by atoms with Crippen molar-refractivity contribution in [2.45, 2.75) is 39.5 Å². The van der Waals surface area contributed by atoms with Crippen LogP contribution in [0.4, 0.5) is 0 Å². The van der Waals surface area contributed by atoms with Gasteiger partial charge in [0.05, 0.1) is 0 Å². The van der Waals surface area contributed by atoms with E-state index in [9.17, 15) is 0 Å². The standard InChI is InChI=1S/2C4H9O.O.2S.2Sn/c2*1-2-3-4-5;;;;;/h2*2-4H2,1H3;;;;;/q2*-1;;;;2*+1. The molecule has 0 aliphatic heterocycles. The molecule has 0 aromatic rings. The summed E-state index contributed by atoms with van der Waals surface area (Å²) in [5.74, 6) is 0. The van der Waals surface area contributed by atoms with Crippen molar-refractivity contribution >= 4 is 55.9 Å². The molecule has 0 bridgehead atoms. The van der Waals surface area contributed by atoms with Crippen molar-refractivity contribution in [3.8, 4) is 0 Å². The maximum atomic E-state index is 5.52. The van der Waals surface area contributed by atoms with E-state index in [1.54, 1.807) is 0 Å². The fraction of sp³-hybridized carbons (Fsp3) is 1.00. The summed E-state index contributed by atoms with van der Waals surface area (Å²) in [7, 11) is 10.3. The molecule has 15 heavy (non-hydrogen) atoms. The molecule has 0 N–H and O–H groups in total. The van der Waals surface area contributed by atoms with Crippen LogP contribution in [0.15, 0.2) is 0 Å². The van der Waals surface area contributed by atoms with Crippen molar-refractivity contribution < 1.29 is 7.56 Å². The second kappa shape index (κ2) is 12.4. The minimum absolute atomic E-state index is 0.732. The third kappa shape index (κ3) is 12.2. The predicted molar refractivity (Wildman–Crippen MR) is 69.5 cm³/mol. The molecule has 0 saturated carbocycles. The first-order chi connectivity index (χ1) is 7.20. The molecule has 0 spiro atoms. The Kier molecular flexibility index (Phi) is 14.0. The fourth-order valence-electron chi connectivity index (χ4n) is 0.727. The van der Waals surface area contributed by atoms with Crippen LogP contribution >= 0.6 is 18.6 Å². The SMILES string of the molecule is CCCC[O][Sn](=[S])[O][Sn](=[S])[O]CCCC. The van der Waals surface area contributed by atoms with Gasteiger partial charge in [-0.25, -0.2) is 0 Å². The summed E-state index contributed by atoms with van der Waals surface area (Å²) in [5, 5.41) is 0. The molecule has 7 heteroatoms. The van der Waals surface area contributed by atoms with E-state index in [1.807, 2.05) is 0 Å². The third-order valence-corrected chi connectivity index (χ3v) is 20.5. The molecule has 0 rings (SSSR count). The summed E-state index contributed by atoms with van der Waals surface area (Å²) < 4.78 is 16.4. The van der Waals surface area contributed by atoms with Crippen LogP contribution in [-0.2, 0) is 7.56 Å². The Hall–Kier alpha value is 1.92. The van der Waals surface area contributed by atoms with E-state index >= 15 is 0 Å². The molecule has 0 heterocycles. The van der Waals surface area contributed by atoms with Gasteiger partial charge in [0.15, 0.2) is 0 Å². The van der Waals surface area contributed by atoms with Crippen LogP contribution < -0.4 is 0 Å². The Labute approximate surface area is 115 Å². The molecule has 0 fully saturated rings. The summed E-state index contributed by atoms with van der Waals surface area (Å²) in [4.78, 5) is 0. The average molecular weight is 464 g/mol. The van der Waals surface area contributed by atoms with Gasteiger partial charge < -0.3 is 0 Å². The van der Waals surface area contributed by atoms with Gasteiger partial charge in [-0.15, -0.1) is 0 Å². The zero-order chi connectivity index (χ0) is 11.5. The molecule has 0 atom stereocenters. The Morgan fingerprint density at radius 3 is 1.60 bits per heavy atom. The minimum atomic E-state index is -2.44. The van der Waals surface area contributed by atoms with E-state index in [0.717, 1.165) is 38.9 Å². The van der Waals surface area contributed by atoms with E-state index in [2.05, 4.69) is 13.8 Å². The van der Waals surface area contributed by atoms with E-state index in [-0.39, 0.29) is 0 Å². The zero-order valence-electron chi connectivity index (χ0n) is 9.28. The first kappa shape index (κ1) is 16.9. The van der Waals surface area contributed by atoms with Crippen LogP contribution in [0.25, 0.3) is 0 Å². The summed E-state index contributed by atoms with van der Waals surface area (Å²) in [5.41, 5.74) is 0. The second-order valence-electron chi connectivity index (χ2n) is 3.01. The molecule has 3 nitrogen and oxygen atoms in total. The number of rotatable bonds is 10. The Morgan fingerprint density at radius 2 is 1.27 bits per heavy atom. The molecular weight excluding hydrogens is 446 g/mol. The quantitative estimate of drug-likeness (QED) is 0.367. The van der Waals surface area contributed by atoms with Gasteiger partial charge in [-0.1, -0.05) is 0 Å². The van der Waals surface area contributed by atoms with Crippen LogP contribution in [0, 0.1) is 0 Å². The van der Waals surface area contributed by atoms with E-state index < -0.39 is 37.3 Å². The molecule has 0 radical (unpaired) electrons. The van der Waals surface area contributed by atoms with Crippen LogP contribution in [0.2, 0.25) is 0 Å². The molecule has 0 amide bonds. The van der Waals surface area contributed by atoms with Gasteiger partial charge in [-0.05, 0) is 0 Å². The molecule has 0 aromatic carbocycles. The third-order valence-electron chi connectivity index (χ3n) is 1.60. The van der Waals surface area contributed by atoms with Gasteiger partial charge in [0.25, 0.3) is 0 Å². The van der Waals surface area contributed by atoms with Crippen molar-refractivity contribution in [1.82, 2.24) is 0 Å². The topological polar surface area (TPSA) is 27.7 Å². The molecule has 0 saturated heterocycles. The average Bonchev–Trinajstić information content (AvgIpc) is 2.18. The molecule has 0 aromatic heterocycles. The van der Waals surface area contributed by atoms with Crippen LogP contribution in [-0.4, -0.2) is 50.5 Å². The molecular formula is C8H18O3S2Sn2. The first-order valence-corrected chi connectivity index (χ1v) is 17.7. The van der Waals surface area contributed by atoms with Gasteiger partial charge in [-0.2, -0.15) is 0 Å². The van der Waals surface area contributed by atoms with Gasteiger partial charge in [0.1, 0.15) is 0 Å². The fourth-order valence-corrected chi connectivity index (χ4v) is 18.4. The van der Waals surface area contributed by atoms with Crippen molar-refractivity contribution in [3.05, 3.63) is 0 Å². The van der Waals surface area contributed by atoms with Crippen molar-refractivity contribution in [1.29, 1.82) is 0 Å². The Balaban J connectivity index is 3.45. The van der Waals surface area contributed by atoms with Gasteiger partial charge in [0.2, 0.25) is 0 Å². The molecule has 88 valence electrons. The van der Waals surface area contributed by atoms with E-state index in [1.165, 1.54) is 0 Å². The molecule has 0 aliphatic carbocycles. The normalized spacial score (nSPS) is 10.3. The summed E-state index contributed by atoms with van der Waals surface area (Å²) in [6, 6.07) is 0. The predicted octanol–water partition coefficient (Wildman–Crippen LogP) is 3.00. The summed E-state index contributed by atoms with van der Waals surface area (Å²) in [6.45, 7) is 5.71. The number of hydrogen-bond acceptors (Lipinski definition) is 5. The van der Waals surface area contributed by atoms with E-state index in [4.69, 9.17) is 26.1 Å². The number of unbranched alkanes of at least 4 members (excludes halogenated alkanes) is 2. The van der Waals surface area contributed by atoms with Crippen molar-refractivity contribution in [2.75, 3.05) is 13.2 Å². The van der Waals surface area contributed by atoms with Crippen molar-refractivity contribution in [3.63, 3.8) is 0 Å². The summed E-state index contributed by atoms with van der Waals surface area (Å²) >= 11 is -4.88. The van der Waals surface area contributed by atoms with Gasteiger partial charge >= 0.3 is 116 Å². The van der Waals surface area contributed by atoms with Gasteiger partial charge in [-0.3, -0.25) is 0 Å². The van der Waals surface area contributed by atoms with Gasteiger partial charge in [0, 0.05) is 0 Å². The Morgan fingerprint density at radius 1 is 0.867 bits per heavy atom. The first-order valence-electron chi connectivity index (χ1n) is 5.22. The second-order valence-corrected chi connectivity index (χ2v) is 16.5. The van der Waals surface area contributed by atoms with Crippen LogP contribution in [0.5, 0.6) is 0 Å². The van der Waals surface area contributed by atoms with Crippen LogP contribution in [0.3, 0.4) is 0 Å². The zero-order valence-corrected chi connectivity index (χ0v) is 16.6. The molecule has 0 unspecified atom stereocenters. The van der Waals surface area contributed by atoms with E-state index in [0.29, 0.717) is 0 Å². The molecule has 0 aliphatic rings. The summed E-state index contributed by atoms with van der Waals surface area (Å²) in [6.07, 6.45) is 4.35.